The van der Waals surface area contributed by atoms with E-state index in [2.05, 4.69) is 10.6 Å². The van der Waals surface area contributed by atoms with Gasteiger partial charge in [-0.2, -0.15) is 0 Å². The SMILES string of the molecule is COc1cc([C@@H]2NC(=O)NC(C)=C2C(=O)OCC(C)C)ccc1OCc1ccccc1. The van der Waals surface area contributed by atoms with Gasteiger partial charge < -0.3 is 24.8 Å². The summed E-state index contributed by atoms with van der Waals surface area (Å²) >= 11 is 0. The van der Waals surface area contributed by atoms with Crippen LogP contribution in [0.15, 0.2) is 59.8 Å². The Bertz CT molecular complexity index is 969. The van der Waals surface area contributed by atoms with Gasteiger partial charge >= 0.3 is 12.0 Å². The van der Waals surface area contributed by atoms with Crippen LogP contribution in [0.2, 0.25) is 0 Å². The van der Waals surface area contributed by atoms with Crippen molar-refractivity contribution in [3.63, 3.8) is 0 Å². The third-order valence-electron chi connectivity index (χ3n) is 4.79. The number of methoxy groups -OCH3 is 1. The molecule has 1 aliphatic heterocycles. The lowest BCUT2D eigenvalue weighted by Crippen LogP contribution is -2.45. The quantitative estimate of drug-likeness (QED) is 0.623. The number of rotatable bonds is 8. The number of carbonyl (C=O) groups excluding carboxylic acids is 2. The molecule has 1 aliphatic rings. The van der Waals surface area contributed by atoms with Crippen LogP contribution in [-0.2, 0) is 16.1 Å². The number of ether oxygens (including phenoxy) is 3. The monoisotopic (exact) mass is 424 g/mol. The van der Waals surface area contributed by atoms with Crippen LogP contribution in [-0.4, -0.2) is 25.7 Å². The lowest BCUT2D eigenvalue weighted by molar-refractivity contribution is -0.140. The summed E-state index contributed by atoms with van der Waals surface area (Å²) in [5, 5.41) is 5.45. The molecule has 7 heteroatoms. The highest BCUT2D eigenvalue weighted by Gasteiger charge is 2.32. The Kier molecular flexibility index (Phi) is 7.18. The summed E-state index contributed by atoms with van der Waals surface area (Å²) in [5.74, 6) is 0.816. The minimum Gasteiger partial charge on any atom is -0.493 e. The van der Waals surface area contributed by atoms with Gasteiger partial charge in [0.15, 0.2) is 11.5 Å². The van der Waals surface area contributed by atoms with E-state index in [9.17, 15) is 9.59 Å². The smallest absolute Gasteiger partial charge is 0.338 e. The molecule has 0 saturated carbocycles. The van der Waals surface area contributed by atoms with Gasteiger partial charge in [-0.25, -0.2) is 9.59 Å². The van der Waals surface area contributed by atoms with Crippen molar-refractivity contribution in [1.29, 1.82) is 0 Å². The van der Waals surface area contributed by atoms with Crippen LogP contribution >= 0.6 is 0 Å². The largest absolute Gasteiger partial charge is 0.493 e. The lowest BCUT2D eigenvalue weighted by atomic mass is 9.95. The van der Waals surface area contributed by atoms with E-state index in [0.29, 0.717) is 41.5 Å². The van der Waals surface area contributed by atoms with E-state index in [0.717, 1.165) is 5.56 Å². The second-order valence-electron chi connectivity index (χ2n) is 7.75. The van der Waals surface area contributed by atoms with E-state index in [4.69, 9.17) is 14.2 Å². The van der Waals surface area contributed by atoms with Crippen molar-refractivity contribution in [1.82, 2.24) is 10.6 Å². The molecule has 164 valence electrons. The summed E-state index contributed by atoms with van der Waals surface area (Å²) in [6.07, 6.45) is 0. The fourth-order valence-corrected chi connectivity index (χ4v) is 3.25. The number of nitrogens with one attached hydrogen (secondary N) is 2. The van der Waals surface area contributed by atoms with Crippen LogP contribution in [0.5, 0.6) is 11.5 Å². The Morgan fingerprint density at radius 3 is 2.52 bits per heavy atom. The molecule has 7 nitrogen and oxygen atoms in total. The number of carbonyl (C=O) groups is 2. The summed E-state index contributed by atoms with van der Waals surface area (Å²) in [6.45, 7) is 6.31. The van der Waals surface area contributed by atoms with Gasteiger partial charge in [-0.3, -0.25) is 0 Å². The average molecular weight is 424 g/mol. The van der Waals surface area contributed by atoms with Gasteiger partial charge in [-0.1, -0.05) is 50.2 Å². The van der Waals surface area contributed by atoms with Gasteiger partial charge in [0.2, 0.25) is 0 Å². The average Bonchev–Trinajstić information content (AvgIpc) is 2.76. The van der Waals surface area contributed by atoms with Gasteiger partial charge in [0.1, 0.15) is 6.61 Å². The minimum absolute atomic E-state index is 0.204. The number of esters is 1. The summed E-state index contributed by atoms with van der Waals surface area (Å²) in [5.41, 5.74) is 2.55. The standard InChI is InChI=1S/C24H28N2O5/c1-15(2)13-31-23(27)21-16(3)25-24(28)26-22(21)18-10-11-19(20(12-18)29-4)30-14-17-8-6-5-7-9-17/h5-12,15,22H,13-14H2,1-4H3,(H2,25,26,28)/t22-/m0/s1. The molecular formula is C24H28N2O5. The molecule has 2 N–H and O–H groups in total. The molecule has 2 aromatic rings. The van der Waals surface area contributed by atoms with Crippen molar-refractivity contribution in [2.45, 2.75) is 33.4 Å². The van der Waals surface area contributed by atoms with Crippen molar-refractivity contribution in [2.24, 2.45) is 5.92 Å². The minimum atomic E-state index is -0.662. The normalized spacial score (nSPS) is 15.9. The topological polar surface area (TPSA) is 85.9 Å². The first-order valence-corrected chi connectivity index (χ1v) is 10.2. The zero-order valence-corrected chi connectivity index (χ0v) is 18.2. The number of allylic oxidation sites excluding steroid dienone is 1. The molecule has 0 aromatic heterocycles. The zero-order valence-electron chi connectivity index (χ0n) is 18.2. The van der Waals surface area contributed by atoms with E-state index in [1.807, 2.05) is 50.2 Å². The maximum Gasteiger partial charge on any atom is 0.338 e. The Hall–Kier alpha value is -3.48. The Morgan fingerprint density at radius 2 is 1.84 bits per heavy atom. The third kappa shape index (κ3) is 5.57. The van der Waals surface area contributed by atoms with Gasteiger partial charge in [0.05, 0.1) is 25.3 Å². The van der Waals surface area contributed by atoms with Crippen molar-refractivity contribution in [3.05, 3.63) is 70.9 Å². The number of urea groups is 1. The number of amides is 2. The van der Waals surface area contributed by atoms with Crippen LogP contribution < -0.4 is 20.1 Å². The van der Waals surface area contributed by atoms with Crippen molar-refractivity contribution >= 4 is 12.0 Å². The first-order valence-electron chi connectivity index (χ1n) is 10.2. The van der Waals surface area contributed by atoms with Crippen LogP contribution in [0.25, 0.3) is 0 Å². The second-order valence-corrected chi connectivity index (χ2v) is 7.75. The van der Waals surface area contributed by atoms with Crippen molar-refractivity contribution < 1.29 is 23.8 Å². The third-order valence-corrected chi connectivity index (χ3v) is 4.79. The maximum absolute atomic E-state index is 12.8. The molecule has 2 aromatic carbocycles. The predicted octanol–water partition coefficient (Wildman–Crippen LogP) is 4.10. The second kappa shape index (κ2) is 10.0. The molecule has 0 aliphatic carbocycles. The van der Waals surface area contributed by atoms with Crippen LogP contribution in [0.1, 0.15) is 37.9 Å². The van der Waals surface area contributed by atoms with Crippen LogP contribution in [0, 0.1) is 5.92 Å². The fraction of sp³-hybridized carbons (Fsp3) is 0.333. The molecule has 3 rings (SSSR count). The number of hydrogen-bond acceptors (Lipinski definition) is 5. The molecule has 0 unspecified atom stereocenters. The molecule has 0 saturated heterocycles. The molecule has 1 atom stereocenters. The molecule has 31 heavy (non-hydrogen) atoms. The first-order chi connectivity index (χ1) is 14.9. The van der Waals surface area contributed by atoms with Gasteiger partial charge in [-0.05, 0) is 36.1 Å². The predicted molar refractivity (Wildman–Crippen MR) is 117 cm³/mol. The Balaban J connectivity index is 1.85. The highest BCUT2D eigenvalue weighted by molar-refractivity contribution is 5.95. The number of hydrogen-bond donors (Lipinski definition) is 2. The molecule has 0 bridgehead atoms. The number of benzene rings is 2. The van der Waals surface area contributed by atoms with Gasteiger partial charge in [0, 0.05) is 5.70 Å². The van der Waals surface area contributed by atoms with E-state index in [-0.39, 0.29) is 11.9 Å². The summed E-state index contributed by atoms with van der Waals surface area (Å²) in [4.78, 5) is 24.9. The van der Waals surface area contributed by atoms with Crippen LogP contribution in [0.4, 0.5) is 4.79 Å². The van der Waals surface area contributed by atoms with E-state index < -0.39 is 12.0 Å². The highest BCUT2D eigenvalue weighted by atomic mass is 16.5. The first kappa shape index (κ1) is 22.2. The summed E-state index contributed by atoms with van der Waals surface area (Å²) in [7, 11) is 1.55. The highest BCUT2D eigenvalue weighted by Crippen LogP contribution is 2.35. The van der Waals surface area contributed by atoms with E-state index >= 15 is 0 Å². The zero-order chi connectivity index (χ0) is 22.4. The summed E-state index contributed by atoms with van der Waals surface area (Å²) < 4.78 is 16.8. The molecule has 0 spiro atoms. The van der Waals surface area contributed by atoms with Gasteiger partial charge in [-0.15, -0.1) is 0 Å². The Morgan fingerprint density at radius 1 is 1.10 bits per heavy atom. The molecule has 0 fully saturated rings. The molecule has 2 amide bonds. The van der Waals surface area contributed by atoms with Crippen molar-refractivity contribution in [2.75, 3.05) is 13.7 Å². The van der Waals surface area contributed by atoms with Gasteiger partial charge in [0.25, 0.3) is 0 Å². The Labute approximate surface area is 182 Å². The molecule has 0 radical (unpaired) electrons. The van der Waals surface area contributed by atoms with Crippen molar-refractivity contribution in [3.8, 4) is 11.5 Å². The van der Waals surface area contributed by atoms with E-state index in [1.165, 1.54) is 0 Å². The maximum atomic E-state index is 12.8. The summed E-state index contributed by atoms with van der Waals surface area (Å²) in [6, 6.07) is 14.1. The van der Waals surface area contributed by atoms with E-state index in [1.54, 1.807) is 26.2 Å². The van der Waals surface area contributed by atoms with Crippen LogP contribution in [0.3, 0.4) is 0 Å². The fourth-order valence-electron chi connectivity index (χ4n) is 3.25. The molecule has 1 heterocycles. The lowest BCUT2D eigenvalue weighted by Gasteiger charge is -2.28. The molecular weight excluding hydrogens is 396 g/mol.